The zero-order chi connectivity index (χ0) is 10.9. The lowest BCUT2D eigenvalue weighted by Gasteiger charge is -2.14. The van der Waals surface area contributed by atoms with Crippen LogP contribution in [0.25, 0.3) is 0 Å². The Morgan fingerprint density at radius 2 is 2.21 bits per heavy atom. The molecule has 0 aliphatic carbocycles. The molecular formula is C9H10BrClFNO. The Bertz CT molecular complexity index is 359. The van der Waals surface area contributed by atoms with E-state index in [0.717, 1.165) is 0 Å². The van der Waals surface area contributed by atoms with E-state index in [1.54, 1.807) is 7.05 Å². The van der Waals surface area contributed by atoms with E-state index in [2.05, 4.69) is 21.2 Å². The molecule has 0 fully saturated rings. The fourth-order valence-corrected chi connectivity index (χ4v) is 1.86. The van der Waals surface area contributed by atoms with Crippen LogP contribution in [0.4, 0.5) is 4.39 Å². The summed E-state index contributed by atoms with van der Waals surface area (Å²) in [5, 5.41) is 12.5. The largest absolute Gasteiger partial charge is 0.506 e. The van der Waals surface area contributed by atoms with Crippen LogP contribution in [-0.4, -0.2) is 12.2 Å². The van der Waals surface area contributed by atoms with E-state index < -0.39 is 5.82 Å². The van der Waals surface area contributed by atoms with Crippen molar-refractivity contribution >= 4 is 27.5 Å². The van der Waals surface area contributed by atoms with E-state index in [9.17, 15) is 9.50 Å². The third-order valence-corrected chi connectivity index (χ3v) is 3.06. The Hall–Kier alpha value is -0.320. The van der Waals surface area contributed by atoms with Gasteiger partial charge in [0.15, 0.2) is 5.82 Å². The minimum Gasteiger partial charge on any atom is -0.506 e. The van der Waals surface area contributed by atoms with Gasteiger partial charge in [-0.3, -0.25) is 0 Å². The minimum atomic E-state index is -0.642. The van der Waals surface area contributed by atoms with Crippen molar-refractivity contribution in [2.75, 3.05) is 7.05 Å². The van der Waals surface area contributed by atoms with Gasteiger partial charge in [-0.1, -0.05) is 11.6 Å². The van der Waals surface area contributed by atoms with Gasteiger partial charge in [-0.25, -0.2) is 4.39 Å². The molecule has 0 amide bonds. The summed E-state index contributed by atoms with van der Waals surface area (Å²) >= 11 is 8.59. The lowest BCUT2D eigenvalue weighted by Crippen LogP contribution is -2.12. The molecule has 1 aromatic carbocycles. The molecule has 1 rings (SSSR count). The van der Waals surface area contributed by atoms with Crippen molar-refractivity contribution in [3.63, 3.8) is 0 Å². The monoisotopic (exact) mass is 281 g/mol. The van der Waals surface area contributed by atoms with Crippen LogP contribution in [0.5, 0.6) is 5.75 Å². The number of phenols is 1. The molecule has 0 unspecified atom stereocenters. The van der Waals surface area contributed by atoms with Crippen molar-refractivity contribution in [1.82, 2.24) is 5.32 Å². The summed E-state index contributed by atoms with van der Waals surface area (Å²) in [4.78, 5) is 0. The Morgan fingerprint density at radius 1 is 1.64 bits per heavy atom. The highest BCUT2D eigenvalue weighted by Gasteiger charge is 2.17. The van der Waals surface area contributed by atoms with Crippen molar-refractivity contribution in [2.45, 2.75) is 13.0 Å². The third-order valence-electron chi connectivity index (χ3n) is 2.07. The maximum atomic E-state index is 13.2. The number of aromatic hydroxyl groups is 1. The first-order valence-corrected chi connectivity index (χ1v) is 5.19. The SMILES string of the molecule is CN[C@@H](C)c1cc(Cl)c(F)c(Br)c1O. The Labute approximate surface area is 95.2 Å². The van der Waals surface area contributed by atoms with Gasteiger partial charge in [-0.2, -0.15) is 0 Å². The number of hydrogen-bond donors (Lipinski definition) is 2. The molecular weight excluding hydrogens is 272 g/mol. The second-order valence-electron chi connectivity index (χ2n) is 2.93. The van der Waals surface area contributed by atoms with Crippen LogP contribution in [-0.2, 0) is 0 Å². The first-order valence-electron chi connectivity index (χ1n) is 4.02. The molecule has 0 bridgehead atoms. The van der Waals surface area contributed by atoms with E-state index in [0.29, 0.717) is 5.56 Å². The van der Waals surface area contributed by atoms with Crippen LogP contribution in [0, 0.1) is 5.82 Å². The number of rotatable bonds is 2. The molecule has 0 saturated heterocycles. The van der Waals surface area contributed by atoms with E-state index in [-0.39, 0.29) is 21.3 Å². The fraction of sp³-hybridized carbons (Fsp3) is 0.333. The van der Waals surface area contributed by atoms with Gasteiger partial charge in [-0.05, 0) is 36.0 Å². The Kier molecular flexibility index (Phi) is 3.75. The van der Waals surface area contributed by atoms with Gasteiger partial charge in [0.2, 0.25) is 0 Å². The highest BCUT2D eigenvalue weighted by Crippen LogP contribution is 2.37. The average molecular weight is 283 g/mol. The molecule has 2 nitrogen and oxygen atoms in total. The zero-order valence-corrected chi connectivity index (χ0v) is 10.1. The summed E-state index contributed by atoms with van der Waals surface area (Å²) in [6, 6.07) is 1.32. The van der Waals surface area contributed by atoms with Crippen molar-refractivity contribution in [3.8, 4) is 5.75 Å². The first kappa shape index (κ1) is 11.8. The molecule has 0 aliphatic rings. The van der Waals surface area contributed by atoms with Crippen molar-refractivity contribution in [1.29, 1.82) is 0 Å². The maximum absolute atomic E-state index is 13.2. The molecule has 1 atom stereocenters. The Morgan fingerprint density at radius 3 is 2.71 bits per heavy atom. The quantitative estimate of drug-likeness (QED) is 0.816. The molecule has 14 heavy (non-hydrogen) atoms. The predicted molar refractivity (Wildman–Crippen MR) is 58.2 cm³/mol. The first-order chi connectivity index (χ1) is 6.49. The topological polar surface area (TPSA) is 32.3 Å². The second-order valence-corrected chi connectivity index (χ2v) is 4.13. The number of hydrogen-bond acceptors (Lipinski definition) is 2. The van der Waals surface area contributed by atoms with Crippen molar-refractivity contribution in [2.24, 2.45) is 0 Å². The highest BCUT2D eigenvalue weighted by atomic mass is 79.9. The van der Waals surface area contributed by atoms with Gasteiger partial charge in [0.05, 0.1) is 9.50 Å². The molecule has 0 heterocycles. The molecule has 0 spiro atoms. The average Bonchev–Trinajstić information content (AvgIpc) is 2.19. The van der Waals surface area contributed by atoms with E-state index in [4.69, 9.17) is 11.6 Å². The number of nitrogens with one attached hydrogen (secondary N) is 1. The Balaban J connectivity index is 3.33. The van der Waals surface area contributed by atoms with E-state index in [1.807, 2.05) is 6.92 Å². The van der Waals surface area contributed by atoms with Crippen molar-refractivity contribution in [3.05, 3.63) is 26.9 Å². The van der Waals surface area contributed by atoms with Gasteiger partial charge in [0.1, 0.15) is 5.75 Å². The van der Waals surface area contributed by atoms with E-state index >= 15 is 0 Å². The standard InChI is InChI=1S/C9H10BrClFNO/c1-4(13-2)5-3-6(11)8(12)7(10)9(5)14/h3-4,13-14H,1-2H3/t4-/m0/s1. The number of halogens is 3. The lowest BCUT2D eigenvalue weighted by molar-refractivity contribution is 0.447. The van der Waals surface area contributed by atoms with Crippen LogP contribution in [0.3, 0.4) is 0 Å². The molecule has 0 radical (unpaired) electrons. The summed E-state index contributed by atoms with van der Waals surface area (Å²) in [6.07, 6.45) is 0. The molecule has 0 aromatic heterocycles. The van der Waals surface area contributed by atoms with Gasteiger partial charge in [0, 0.05) is 11.6 Å². The smallest absolute Gasteiger partial charge is 0.159 e. The minimum absolute atomic E-state index is 0.00194. The van der Waals surface area contributed by atoms with Crippen LogP contribution in [0.15, 0.2) is 10.5 Å². The van der Waals surface area contributed by atoms with E-state index in [1.165, 1.54) is 6.07 Å². The van der Waals surface area contributed by atoms with Gasteiger partial charge >= 0.3 is 0 Å². The lowest BCUT2D eigenvalue weighted by atomic mass is 10.1. The summed E-state index contributed by atoms with van der Waals surface area (Å²) < 4.78 is 13.2. The molecule has 78 valence electrons. The van der Waals surface area contributed by atoms with Crippen LogP contribution in [0.1, 0.15) is 18.5 Å². The molecule has 0 aliphatic heterocycles. The maximum Gasteiger partial charge on any atom is 0.159 e. The van der Waals surface area contributed by atoms with Gasteiger partial charge < -0.3 is 10.4 Å². The molecule has 5 heteroatoms. The zero-order valence-electron chi connectivity index (χ0n) is 7.74. The van der Waals surface area contributed by atoms with Crippen molar-refractivity contribution < 1.29 is 9.50 Å². The number of phenolic OH excluding ortho intramolecular Hbond substituents is 1. The number of benzene rings is 1. The summed E-state index contributed by atoms with van der Waals surface area (Å²) in [5.41, 5.74) is 0.561. The second kappa shape index (κ2) is 4.47. The van der Waals surface area contributed by atoms with Crippen LogP contribution < -0.4 is 5.32 Å². The fourth-order valence-electron chi connectivity index (χ4n) is 1.09. The predicted octanol–water partition coefficient (Wildman–Crippen LogP) is 3.23. The molecule has 0 saturated carbocycles. The molecule has 1 aromatic rings. The molecule has 2 N–H and O–H groups in total. The van der Waals surface area contributed by atoms with Gasteiger partial charge in [-0.15, -0.1) is 0 Å². The summed E-state index contributed by atoms with van der Waals surface area (Å²) in [6.45, 7) is 1.84. The summed E-state index contributed by atoms with van der Waals surface area (Å²) in [7, 11) is 1.75. The highest BCUT2D eigenvalue weighted by molar-refractivity contribution is 9.10. The van der Waals surface area contributed by atoms with Gasteiger partial charge in [0.25, 0.3) is 0 Å². The third kappa shape index (κ3) is 2.02. The normalized spacial score (nSPS) is 12.9. The van der Waals surface area contributed by atoms with Crippen LogP contribution in [0.2, 0.25) is 5.02 Å². The van der Waals surface area contributed by atoms with Crippen LogP contribution >= 0.6 is 27.5 Å². The summed E-state index contributed by atoms with van der Waals surface area (Å²) in [5.74, 6) is -0.759.